The average Bonchev–Trinajstić information content (AvgIpc) is 3.09. The minimum absolute atomic E-state index is 0.0264. The Morgan fingerprint density at radius 2 is 2.11 bits per heavy atom. The third-order valence-electron chi connectivity index (χ3n) is 5.01. The second kappa shape index (κ2) is 9.52. The van der Waals surface area contributed by atoms with Gasteiger partial charge in [-0.3, -0.25) is 14.6 Å². The molecule has 2 saturated heterocycles. The molecule has 8 heteroatoms. The maximum absolute atomic E-state index is 5.95. The highest BCUT2D eigenvalue weighted by atomic mass is 16.5. The van der Waals surface area contributed by atoms with E-state index in [9.17, 15) is 0 Å². The van der Waals surface area contributed by atoms with Crippen LogP contribution in [0.15, 0.2) is 17.4 Å². The molecule has 27 heavy (non-hydrogen) atoms. The quantitative estimate of drug-likeness (QED) is 0.602. The smallest absolute Gasteiger partial charge is 0.193 e. The van der Waals surface area contributed by atoms with Crippen LogP contribution in [0, 0.1) is 5.92 Å². The van der Waals surface area contributed by atoms with Crippen LogP contribution >= 0.6 is 0 Å². The van der Waals surface area contributed by atoms with E-state index in [1.165, 1.54) is 0 Å². The van der Waals surface area contributed by atoms with Gasteiger partial charge in [-0.2, -0.15) is 5.10 Å². The number of hydrogen-bond donors (Lipinski definition) is 1. The van der Waals surface area contributed by atoms with Crippen molar-refractivity contribution in [2.75, 3.05) is 59.5 Å². The molecule has 0 amide bonds. The monoisotopic (exact) mass is 378 g/mol. The topological polar surface area (TPSA) is 67.2 Å². The van der Waals surface area contributed by atoms with Crippen LogP contribution in [0.2, 0.25) is 0 Å². The predicted molar refractivity (Wildman–Crippen MR) is 106 cm³/mol. The number of guanidine groups is 1. The van der Waals surface area contributed by atoms with Crippen molar-refractivity contribution in [2.45, 2.75) is 26.1 Å². The zero-order valence-electron chi connectivity index (χ0n) is 17.1. The van der Waals surface area contributed by atoms with Gasteiger partial charge in [0.05, 0.1) is 32.1 Å². The second-order valence-electron chi connectivity index (χ2n) is 7.83. The molecule has 2 fully saturated rings. The van der Waals surface area contributed by atoms with Gasteiger partial charge in [0.25, 0.3) is 0 Å². The molecule has 0 radical (unpaired) electrons. The van der Waals surface area contributed by atoms with Gasteiger partial charge in [0, 0.05) is 58.6 Å². The van der Waals surface area contributed by atoms with Crippen LogP contribution in [0.5, 0.6) is 0 Å². The molecular formula is C19H34N6O2. The lowest BCUT2D eigenvalue weighted by molar-refractivity contribution is -0.0298. The van der Waals surface area contributed by atoms with Crippen LogP contribution in [-0.2, 0) is 16.5 Å². The van der Waals surface area contributed by atoms with Crippen LogP contribution in [0.3, 0.4) is 0 Å². The number of aromatic nitrogens is 2. The zero-order chi connectivity index (χ0) is 19.2. The number of nitrogens with zero attached hydrogens (tertiary/aromatic N) is 5. The van der Waals surface area contributed by atoms with Crippen molar-refractivity contribution >= 4 is 5.96 Å². The fourth-order valence-corrected chi connectivity index (χ4v) is 3.77. The average molecular weight is 379 g/mol. The molecule has 0 aromatic carbocycles. The summed E-state index contributed by atoms with van der Waals surface area (Å²) in [6.45, 7) is 11.5. The number of aliphatic imine (C=N–C) groups is 1. The standard InChI is InChI=1S/C19H34N6O2/c1-15(2)11-24-5-7-26-17(13-24)10-21-19(20-3)25-6-8-27-18(14-25)16-9-22-23(4)12-16/h9,12,15,17-18H,5-8,10-11,13-14H2,1-4H3,(H,20,21). The normalized spacial score (nSPS) is 25.2. The summed E-state index contributed by atoms with van der Waals surface area (Å²) in [6.07, 6.45) is 4.12. The highest BCUT2D eigenvalue weighted by molar-refractivity contribution is 5.80. The fraction of sp³-hybridized carbons (Fsp3) is 0.789. The molecule has 1 N–H and O–H groups in total. The van der Waals surface area contributed by atoms with Gasteiger partial charge in [0.2, 0.25) is 0 Å². The molecule has 0 aliphatic carbocycles. The number of hydrogen-bond acceptors (Lipinski definition) is 5. The minimum atomic E-state index is 0.0264. The van der Waals surface area contributed by atoms with Gasteiger partial charge in [0.15, 0.2) is 5.96 Å². The van der Waals surface area contributed by atoms with Crippen molar-refractivity contribution in [2.24, 2.45) is 18.0 Å². The Bertz CT molecular complexity index is 617. The Hall–Kier alpha value is -1.64. The highest BCUT2D eigenvalue weighted by Gasteiger charge is 2.26. The van der Waals surface area contributed by atoms with E-state index in [0.29, 0.717) is 12.5 Å². The van der Waals surface area contributed by atoms with E-state index in [4.69, 9.17) is 9.47 Å². The van der Waals surface area contributed by atoms with E-state index >= 15 is 0 Å². The van der Waals surface area contributed by atoms with Crippen molar-refractivity contribution in [1.82, 2.24) is 24.9 Å². The van der Waals surface area contributed by atoms with Gasteiger partial charge in [-0.05, 0) is 5.92 Å². The Morgan fingerprint density at radius 3 is 2.81 bits per heavy atom. The van der Waals surface area contributed by atoms with E-state index in [-0.39, 0.29) is 12.2 Å². The molecule has 152 valence electrons. The van der Waals surface area contributed by atoms with Crippen LogP contribution in [0.1, 0.15) is 25.5 Å². The summed E-state index contributed by atoms with van der Waals surface area (Å²) < 4.78 is 13.7. The Labute approximate surface area is 162 Å². The first-order valence-electron chi connectivity index (χ1n) is 9.95. The first-order valence-corrected chi connectivity index (χ1v) is 9.95. The first kappa shape index (κ1) is 20.1. The summed E-state index contributed by atoms with van der Waals surface area (Å²) >= 11 is 0. The van der Waals surface area contributed by atoms with Crippen molar-refractivity contribution in [1.29, 1.82) is 0 Å². The maximum Gasteiger partial charge on any atom is 0.193 e. The summed E-state index contributed by atoms with van der Waals surface area (Å²) in [7, 11) is 3.76. The number of morpholine rings is 2. The van der Waals surface area contributed by atoms with E-state index in [1.807, 2.05) is 31.2 Å². The molecule has 2 aliphatic heterocycles. The van der Waals surface area contributed by atoms with E-state index in [1.54, 1.807) is 0 Å². The first-order chi connectivity index (χ1) is 13.0. The summed E-state index contributed by atoms with van der Waals surface area (Å²) in [5.41, 5.74) is 1.11. The van der Waals surface area contributed by atoms with Gasteiger partial charge < -0.3 is 19.7 Å². The molecule has 8 nitrogen and oxygen atoms in total. The van der Waals surface area contributed by atoms with Gasteiger partial charge in [-0.25, -0.2) is 0 Å². The molecule has 3 heterocycles. The molecule has 1 aromatic rings. The van der Waals surface area contributed by atoms with Crippen LogP contribution in [0.25, 0.3) is 0 Å². The summed E-state index contributed by atoms with van der Waals surface area (Å²) in [6, 6.07) is 0. The Kier molecular flexibility index (Phi) is 7.09. The van der Waals surface area contributed by atoms with E-state index in [0.717, 1.165) is 57.4 Å². The van der Waals surface area contributed by atoms with Crippen LogP contribution in [-0.4, -0.2) is 91.2 Å². The molecule has 2 unspecified atom stereocenters. The molecule has 0 saturated carbocycles. The molecule has 2 aliphatic rings. The van der Waals surface area contributed by atoms with Crippen LogP contribution < -0.4 is 5.32 Å². The van der Waals surface area contributed by atoms with E-state index in [2.05, 4.69) is 39.1 Å². The number of ether oxygens (including phenoxy) is 2. The van der Waals surface area contributed by atoms with Gasteiger partial charge in [-0.15, -0.1) is 0 Å². The third kappa shape index (κ3) is 5.67. The van der Waals surface area contributed by atoms with Gasteiger partial charge in [0.1, 0.15) is 6.10 Å². The van der Waals surface area contributed by atoms with Gasteiger partial charge in [-0.1, -0.05) is 13.8 Å². The summed E-state index contributed by atoms with van der Waals surface area (Å²) in [5, 5.41) is 7.77. The summed E-state index contributed by atoms with van der Waals surface area (Å²) in [5.74, 6) is 1.60. The lowest BCUT2D eigenvalue weighted by atomic mass is 10.1. The van der Waals surface area contributed by atoms with Gasteiger partial charge >= 0.3 is 0 Å². The van der Waals surface area contributed by atoms with Crippen molar-refractivity contribution in [3.63, 3.8) is 0 Å². The van der Waals surface area contributed by atoms with Crippen molar-refractivity contribution in [3.05, 3.63) is 18.0 Å². The number of nitrogens with one attached hydrogen (secondary N) is 1. The zero-order valence-corrected chi connectivity index (χ0v) is 17.1. The fourth-order valence-electron chi connectivity index (χ4n) is 3.77. The minimum Gasteiger partial charge on any atom is -0.374 e. The maximum atomic E-state index is 5.95. The third-order valence-corrected chi connectivity index (χ3v) is 5.01. The van der Waals surface area contributed by atoms with Crippen molar-refractivity contribution in [3.8, 4) is 0 Å². The number of aryl methyl sites for hydroxylation is 1. The molecular weight excluding hydrogens is 344 g/mol. The Balaban J connectivity index is 1.51. The highest BCUT2D eigenvalue weighted by Crippen LogP contribution is 2.21. The number of rotatable bonds is 5. The molecule has 2 atom stereocenters. The summed E-state index contributed by atoms with van der Waals surface area (Å²) in [4.78, 5) is 9.24. The molecule has 0 bridgehead atoms. The lowest BCUT2D eigenvalue weighted by Crippen LogP contribution is -2.52. The predicted octanol–water partition coefficient (Wildman–Crippen LogP) is 0.726. The second-order valence-corrected chi connectivity index (χ2v) is 7.83. The van der Waals surface area contributed by atoms with Crippen molar-refractivity contribution < 1.29 is 9.47 Å². The molecule has 1 aromatic heterocycles. The SMILES string of the molecule is CN=C(NCC1CN(CC(C)C)CCO1)N1CCOC(c2cnn(C)c2)C1. The van der Waals surface area contributed by atoms with E-state index < -0.39 is 0 Å². The lowest BCUT2D eigenvalue weighted by Gasteiger charge is -2.37. The molecule has 3 rings (SSSR count). The Morgan fingerprint density at radius 1 is 1.30 bits per heavy atom. The molecule has 0 spiro atoms. The largest absolute Gasteiger partial charge is 0.374 e. The van der Waals surface area contributed by atoms with Crippen LogP contribution in [0.4, 0.5) is 0 Å².